The number of aliphatic carboxylic acids is 1. The van der Waals surface area contributed by atoms with Gasteiger partial charge in [0.2, 0.25) is 0 Å². The van der Waals surface area contributed by atoms with Gasteiger partial charge < -0.3 is 14.6 Å². The van der Waals surface area contributed by atoms with Crippen molar-refractivity contribution in [2.45, 2.75) is 6.18 Å². The van der Waals surface area contributed by atoms with Gasteiger partial charge in [-0.25, -0.2) is 9.78 Å². The quantitative estimate of drug-likeness (QED) is 0.536. The zero-order valence-electron chi connectivity index (χ0n) is 14.9. The molecule has 0 atom stereocenters. The number of benzene rings is 2. The van der Waals surface area contributed by atoms with Gasteiger partial charge in [-0.15, -0.1) is 0 Å². The summed E-state index contributed by atoms with van der Waals surface area (Å²) in [6, 6.07) is 12.2. The van der Waals surface area contributed by atoms with Crippen molar-refractivity contribution >= 4 is 28.5 Å². The number of nitrogens with zero attached hydrogens (tertiary/aromatic N) is 1. The largest absolute Gasteiger partial charge is 0.491 e. The van der Waals surface area contributed by atoms with E-state index in [2.05, 4.69) is 4.98 Å². The van der Waals surface area contributed by atoms with Gasteiger partial charge in [-0.3, -0.25) is 0 Å². The Morgan fingerprint density at radius 2 is 1.90 bits per heavy atom. The minimum Gasteiger partial charge on any atom is -0.491 e. The first-order valence-corrected chi connectivity index (χ1v) is 8.83. The van der Waals surface area contributed by atoms with Crippen molar-refractivity contribution in [1.29, 1.82) is 0 Å². The summed E-state index contributed by atoms with van der Waals surface area (Å²) in [5.74, 6) is -1.55. The standard InChI is InChI=1S/C20H15ClF3NO4/c21-15-3-1-2-12-4-6-16(25-19(12)15)13-5-7-17(14(10-13)20(22,23)24)29-9-8-28-11-18(26)27/h1-7,10H,8-9,11H2,(H,26,27). The van der Waals surface area contributed by atoms with Gasteiger partial charge in [0, 0.05) is 10.9 Å². The normalized spacial score (nSPS) is 11.6. The summed E-state index contributed by atoms with van der Waals surface area (Å²) in [7, 11) is 0. The number of hydrogen-bond acceptors (Lipinski definition) is 4. The van der Waals surface area contributed by atoms with Gasteiger partial charge in [-0.2, -0.15) is 13.2 Å². The molecular weight excluding hydrogens is 411 g/mol. The molecule has 0 aliphatic heterocycles. The van der Waals surface area contributed by atoms with Gasteiger partial charge in [-0.05, 0) is 30.3 Å². The predicted molar refractivity (Wildman–Crippen MR) is 101 cm³/mol. The predicted octanol–water partition coefficient (Wildman–Crippen LogP) is 5.05. The van der Waals surface area contributed by atoms with Gasteiger partial charge in [0.05, 0.1) is 28.4 Å². The molecule has 3 aromatic rings. The molecule has 0 saturated heterocycles. The van der Waals surface area contributed by atoms with Gasteiger partial charge in [0.1, 0.15) is 19.0 Å². The molecule has 0 radical (unpaired) electrons. The number of carbonyl (C=O) groups is 1. The minimum absolute atomic E-state index is 0.157. The lowest BCUT2D eigenvalue weighted by atomic mass is 10.0. The Balaban J connectivity index is 1.88. The van der Waals surface area contributed by atoms with Crippen molar-refractivity contribution < 1.29 is 32.5 Å². The average molecular weight is 426 g/mol. The van der Waals surface area contributed by atoms with Crippen molar-refractivity contribution in [3.63, 3.8) is 0 Å². The molecule has 0 aliphatic rings. The van der Waals surface area contributed by atoms with E-state index in [1.54, 1.807) is 24.3 Å². The van der Waals surface area contributed by atoms with E-state index in [0.717, 1.165) is 11.5 Å². The summed E-state index contributed by atoms with van der Waals surface area (Å²) in [5.41, 5.74) is 0.131. The number of aromatic nitrogens is 1. The summed E-state index contributed by atoms with van der Waals surface area (Å²) in [4.78, 5) is 14.7. The fraction of sp³-hybridized carbons (Fsp3) is 0.200. The smallest absolute Gasteiger partial charge is 0.419 e. The van der Waals surface area contributed by atoms with E-state index in [1.807, 2.05) is 6.07 Å². The monoisotopic (exact) mass is 425 g/mol. The Kier molecular flexibility index (Phi) is 6.24. The van der Waals surface area contributed by atoms with Crippen LogP contribution in [0.2, 0.25) is 5.02 Å². The third-order valence-corrected chi connectivity index (χ3v) is 4.27. The van der Waals surface area contributed by atoms with Crippen LogP contribution in [0.15, 0.2) is 48.5 Å². The van der Waals surface area contributed by atoms with Crippen LogP contribution in [0.25, 0.3) is 22.2 Å². The van der Waals surface area contributed by atoms with Crippen molar-refractivity contribution in [3.8, 4) is 17.0 Å². The van der Waals surface area contributed by atoms with E-state index >= 15 is 0 Å². The van der Waals surface area contributed by atoms with E-state index in [-0.39, 0.29) is 24.5 Å². The summed E-state index contributed by atoms with van der Waals surface area (Å²) in [6.45, 7) is -0.930. The Morgan fingerprint density at radius 3 is 2.62 bits per heavy atom. The number of para-hydroxylation sites is 1. The Morgan fingerprint density at radius 1 is 1.10 bits per heavy atom. The Bertz CT molecular complexity index is 1040. The van der Waals surface area contributed by atoms with Crippen LogP contribution in [0, 0.1) is 0 Å². The highest BCUT2D eigenvalue weighted by atomic mass is 35.5. The molecule has 9 heteroatoms. The van der Waals surface area contributed by atoms with Crippen molar-refractivity contribution in [2.24, 2.45) is 0 Å². The number of carboxylic acid groups (broad SMARTS) is 1. The van der Waals surface area contributed by atoms with Crippen LogP contribution in [-0.2, 0) is 15.7 Å². The Labute approximate surface area is 168 Å². The van der Waals surface area contributed by atoms with Crippen LogP contribution in [0.1, 0.15) is 5.56 Å². The van der Waals surface area contributed by atoms with Crippen LogP contribution in [0.3, 0.4) is 0 Å². The second-order valence-electron chi connectivity index (χ2n) is 6.01. The molecule has 1 heterocycles. The molecular formula is C20H15ClF3NO4. The maximum absolute atomic E-state index is 13.5. The van der Waals surface area contributed by atoms with E-state index in [0.29, 0.717) is 16.2 Å². The van der Waals surface area contributed by atoms with E-state index in [4.69, 9.17) is 26.2 Å². The first kappa shape index (κ1) is 20.9. The lowest BCUT2D eigenvalue weighted by Crippen LogP contribution is -2.15. The van der Waals surface area contributed by atoms with E-state index in [1.165, 1.54) is 12.1 Å². The van der Waals surface area contributed by atoms with Crippen LogP contribution < -0.4 is 4.74 Å². The molecule has 0 spiro atoms. The number of rotatable bonds is 7. The SMILES string of the molecule is O=C(O)COCCOc1ccc(-c2ccc3cccc(Cl)c3n2)cc1C(F)(F)F. The molecule has 3 rings (SSSR count). The topological polar surface area (TPSA) is 68.7 Å². The van der Waals surface area contributed by atoms with Gasteiger partial charge in [0.25, 0.3) is 0 Å². The first-order chi connectivity index (χ1) is 13.8. The minimum atomic E-state index is -4.65. The zero-order valence-corrected chi connectivity index (χ0v) is 15.6. The van der Waals surface area contributed by atoms with Crippen molar-refractivity contribution in [3.05, 3.63) is 59.1 Å². The number of halogens is 4. The fourth-order valence-corrected chi connectivity index (χ4v) is 2.90. The molecule has 152 valence electrons. The second-order valence-corrected chi connectivity index (χ2v) is 6.42. The highest BCUT2D eigenvalue weighted by Crippen LogP contribution is 2.39. The number of ether oxygens (including phenoxy) is 2. The molecule has 0 saturated carbocycles. The Hall–Kier alpha value is -2.84. The van der Waals surface area contributed by atoms with Crippen LogP contribution >= 0.6 is 11.6 Å². The maximum atomic E-state index is 13.5. The maximum Gasteiger partial charge on any atom is 0.419 e. The number of alkyl halides is 3. The van der Waals surface area contributed by atoms with Gasteiger partial charge >= 0.3 is 12.1 Å². The van der Waals surface area contributed by atoms with E-state index in [9.17, 15) is 18.0 Å². The number of pyridine rings is 1. The van der Waals surface area contributed by atoms with Crippen LogP contribution in [0.5, 0.6) is 5.75 Å². The third kappa shape index (κ3) is 5.16. The number of hydrogen-bond donors (Lipinski definition) is 1. The van der Waals surface area contributed by atoms with E-state index < -0.39 is 24.3 Å². The average Bonchev–Trinajstić information content (AvgIpc) is 2.67. The lowest BCUT2D eigenvalue weighted by molar-refractivity contribution is -0.142. The highest BCUT2D eigenvalue weighted by molar-refractivity contribution is 6.35. The number of carboxylic acids is 1. The molecule has 29 heavy (non-hydrogen) atoms. The summed E-state index contributed by atoms with van der Waals surface area (Å²) in [6.07, 6.45) is -4.65. The van der Waals surface area contributed by atoms with Crippen molar-refractivity contribution in [1.82, 2.24) is 4.98 Å². The van der Waals surface area contributed by atoms with Crippen LogP contribution in [0.4, 0.5) is 13.2 Å². The molecule has 0 amide bonds. The molecule has 1 N–H and O–H groups in total. The second kappa shape index (κ2) is 8.67. The van der Waals surface area contributed by atoms with Gasteiger partial charge in [0.15, 0.2) is 0 Å². The van der Waals surface area contributed by atoms with Crippen LogP contribution in [-0.4, -0.2) is 35.9 Å². The lowest BCUT2D eigenvalue weighted by Gasteiger charge is -2.15. The molecule has 5 nitrogen and oxygen atoms in total. The molecule has 0 unspecified atom stereocenters. The number of fused-ring (bicyclic) bond motifs is 1. The molecule has 0 fully saturated rings. The summed E-state index contributed by atoms with van der Waals surface area (Å²) < 4.78 is 50.4. The molecule has 1 aromatic heterocycles. The molecule has 2 aromatic carbocycles. The summed E-state index contributed by atoms with van der Waals surface area (Å²) >= 11 is 6.14. The fourth-order valence-electron chi connectivity index (χ4n) is 2.68. The molecule has 0 bridgehead atoms. The van der Waals surface area contributed by atoms with Gasteiger partial charge in [-0.1, -0.05) is 29.8 Å². The summed E-state index contributed by atoms with van der Waals surface area (Å²) in [5, 5.41) is 9.65. The zero-order chi connectivity index (χ0) is 21.0. The third-order valence-electron chi connectivity index (χ3n) is 3.96. The first-order valence-electron chi connectivity index (χ1n) is 8.45. The van der Waals surface area contributed by atoms with Crippen molar-refractivity contribution in [2.75, 3.05) is 19.8 Å². The molecule has 0 aliphatic carbocycles. The highest BCUT2D eigenvalue weighted by Gasteiger charge is 2.35.